The molecule has 5 nitrogen and oxygen atoms in total. The number of rotatable bonds is 5. The molecule has 6 heteroatoms. The van der Waals surface area contributed by atoms with Crippen LogP contribution in [0.25, 0.3) is 0 Å². The molecule has 0 saturated carbocycles. The molecule has 2 aromatic heterocycles. The first-order chi connectivity index (χ1) is 12.5. The number of ether oxygens (including phenoxy) is 1. The number of fused-ring (bicyclic) bond motifs is 2. The lowest BCUT2D eigenvalue weighted by Crippen LogP contribution is -2.45. The van der Waals surface area contributed by atoms with Gasteiger partial charge in [0.25, 0.3) is 0 Å². The topological polar surface area (TPSA) is 41.5 Å². The van der Waals surface area contributed by atoms with Gasteiger partial charge in [0.05, 0.1) is 18.5 Å². The van der Waals surface area contributed by atoms with Crippen LogP contribution in [-0.2, 0) is 13.1 Å². The maximum atomic E-state index is 5.56. The molecule has 4 rings (SSSR count). The zero-order valence-electron chi connectivity index (χ0n) is 15.6. The van der Waals surface area contributed by atoms with E-state index >= 15 is 0 Å². The van der Waals surface area contributed by atoms with Gasteiger partial charge in [0.2, 0.25) is 0 Å². The van der Waals surface area contributed by atoms with E-state index in [1.165, 1.54) is 12.0 Å². The monoisotopic (exact) mass is 416 g/mol. The summed E-state index contributed by atoms with van der Waals surface area (Å²) in [7, 11) is 1.74. The van der Waals surface area contributed by atoms with E-state index in [1.54, 1.807) is 7.11 Å². The third kappa shape index (κ3) is 3.38. The highest BCUT2D eigenvalue weighted by Crippen LogP contribution is 2.34. The summed E-state index contributed by atoms with van der Waals surface area (Å²) in [6, 6.07) is 5.42. The summed E-state index contributed by atoms with van der Waals surface area (Å²) in [6.45, 7) is 8.25. The summed E-state index contributed by atoms with van der Waals surface area (Å²) in [6.07, 6.45) is 5.06. The fourth-order valence-corrected chi connectivity index (χ4v) is 4.58. The SMILES string of the molecule is COc1c(C)cnc(CN2CC3CC2CN3Cc2ccc(Br)cn2)c1C. The van der Waals surface area contributed by atoms with Gasteiger partial charge in [0, 0.05) is 66.3 Å². The van der Waals surface area contributed by atoms with Gasteiger partial charge in [-0.1, -0.05) is 0 Å². The maximum Gasteiger partial charge on any atom is 0.128 e. The van der Waals surface area contributed by atoms with Gasteiger partial charge in [-0.15, -0.1) is 0 Å². The lowest BCUT2D eigenvalue weighted by Gasteiger charge is -2.34. The van der Waals surface area contributed by atoms with E-state index < -0.39 is 0 Å². The number of likely N-dealkylation sites (tertiary alicyclic amines) is 2. The maximum absolute atomic E-state index is 5.56. The van der Waals surface area contributed by atoms with Gasteiger partial charge in [-0.3, -0.25) is 19.8 Å². The quantitative estimate of drug-likeness (QED) is 0.747. The fraction of sp³-hybridized carbons (Fsp3) is 0.500. The average Bonchev–Trinajstić information content (AvgIpc) is 3.20. The molecule has 2 aliphatic rings. The third-order valence-corrected chi connectivity index (χ3v) is 6.19. The highest BCUT2D eigenvalue weighted by Gasteiger charge is 2.43. The summed E-state index contributed by atoms with van der Waals surface area (Å²) < 4.78 is 6.59. The van der Waals surface area contributed by atoms with Crippen LogP contribution in [0.15, 0.2) is 29.0 Å². The van der Waals surface area contributed by atoms with Crippen molar-refractivity contribution >= 4 is 15.9 Å². The molecule has 2 fully saturated rings. The Hall–Kier alpha value is -1.50. The first-order valence-corrected chi connectivity index (χ1v) is 9.92. The Bertz CT molecular complexity index is 795. The summed E-state index contributed by atoms with van der Waals surface area (Å²) in [5, 5.41) is 0. The summed E-state index contributed by atoms with van der Waals surface area (Å²) >= 11 is 3.45. The van der Waals surface area contributed by atoms with Gasteiger partial charge in [-0.2, -0.15) is 0 Å². The van der Waals surface area contributed by atoms with Crippen molar-refractivity contribution in [1.82, 2.24) is 19.8 Å². The zero-order valence-corrected chi connectivity index (χ0v) is 17.2. The Balaban J connectivity index is 1.40. The number of pyridine rings is 2. The predicted molar refractivity (Wildman–Crippen MR) is 105 cm³/mol. The number of aromatic nitrogens is 2. The van der Waals surface area contributed by atoms with E-state index in [0.717, 1.165) is 53.4 Å². The van der Waals surface area contributed by atoms with Crippen LogP contribution < -0.4 is 4.74 Å². The van der Waals surface area contributed by atoms with Crippen LogP contribution in [0.4, 0.5) is 0 Å². The highest BCUT2D eigenvalue weighted by atomic mass is 79.9. The second kappa shape index (κ2) is 7.25. The number of nitrogens with zero attached hydrogens (tertiary/aromatic N) is 4. The van der Waals surface area contributed by atoms with Gasteiger partial charge in [0.1, 0.15) is 5.75 Å². The second-order valence-corrected chi connectivity index (χ2v) is 8.33. The van der Waals surface area contributed by atoms with Crippen molar-refractivity contribution in [1.29, 1.82) is 0 Å². The number of methoxy groups -OCH3 is 1. The molecule has 0 radical (unpaired) electrons. The Morgan fingerprint density at radius 2 is 1.81 bits per heavy atom. The van der Waals surface area contributed by atoms with Gasteiger partial charge in [0.15, 0.2) is 0 Å². The van der Waals surface area contributed by atoms with E-state index in [0.29, 0.717) is 12.1 Å². The molecule has 2 unspecified atom stereocenters. The summed E-state index contributed by atoms with van der Waals surface area (Å²) in [5.74, 6) is 0.974. The number of hydrogen-bond donors (Lipinski definition) is 0. The number of aryl methyl sites for hydroxylation is 1. The van der Waals surface area contributed by atoms with E-state index in [2.05, 4.69) is 61.7 Å². The molecule has 0 spiro atoms. The molecule has 4 heterocycles. The van der Waals surface area contributed by atoms with Crippen LogP contribution >= 0.6 is 15.9 Å². The van der Waals surface area contributed by atoms with Crippen LogP contribution in [0, 0.1) is 13.8 Å². The van der Waals surface area contributed by atoms with Crippen molar-refractivity contribution < 1.29 is 4.74 Å². The Morgan fingerprint density at radius 1 is 1.08 bits per heavy atom. The molecule has 0 aliphatic carbocycles. The third-order valence-electron chi connectivity index (χ3n) is 5.72. The van der Waals surface area contributed by atoms with Crippen molar-refractivity contribution in [2.45, 2.75) is 45.4 Å². The smallest absolute Gasteiger partial charge is 0.128 e. The lowest BCUT2D eigenvalue weighted by molar-refractivity contribution is 0.115. The molecule has 26 heavy (non-hydrogen) atoms. The van der Waals surface area contributed by atoms with Crippen LogP contribution in [-0.4, -0.2) is 52.1 Å². The average molecular weight is 417 g/mol. The van der Waals surface area contributed by atoms with Crippen molar-refractivity contribution in [3.05, 3.63) is 51.5 Å². The van der Waals surface area contributed by atoms with E-state index in [4.69, 9.17) is 4.74 Å². The first-order valence-electron chi connectivity index (χ1n) is 9.12. The molecule has 2 aliphatic heterocycles. The van der Waals surface area contributed by atoms with Gasteiger partial charge < -0.3 is 4.74 Å². The highest BCUT2D eigenvalue weighted by molar-refractivity contribution is 9.10. The molecular formula is C20H25BrN4O. The number of piperazine rings is 1. The van der Waals surface area contributed by atoms with Crippen molar-refractivity contribution in [2.24, 2.45) is 0 Å². The van der Waals surface area contributed by atoms with E-state index in [9.17, 15) is 0 Å². The van der Waals surface area contributed by atoms with Crippen LogP contribution in [0.3, 0.4) is 0 Å². The van der Waals surface area contributed by atoms with Crippen LogP contribution in [0.1, 0.15) is 28.9 Å². The molecule has 2 saturated heterocycles. The molecule has 138 valence electrons. The molecule has 2 bridgehead atoms. The normalized spacial score (nSPS) is 22.9. The minimum absolute atomic E-state index is 0.615. The predicted octanol–water partition coefficient (Wildman–Crippen LogP) is 3.32. The number of hydrogen-bond acceptors (Lipinski definition) is 5. The molecule has 0 N–H and O–H groups in total. The second-order valence-electron chi connectivity index (χ2n) is 7.42. The van der Waals surface area contributed by atoms with Crippen molar-refractivity contribution in [2.75, 3.05) is 20.2 Å². The molecule has 2 atom stereocenters. The molecule has 0 aromatic carbocycles. The first kappa shape index (κ1) is 17.9. The standard InChI is InChI=1S/C20H25BrN4O/c1-13-7-23-19(14(2)20(13)26-3)12-25-11-17-6-18(25)10-24(17)9-16-5-4-15(21)8-22-16/h4-5,7-8,17-18H,6,9-12H2,1-3H3. The minimum atomic E-state index is 0.615. The molecule has 2 aromatic rings. The Kier molecular flexibility index (Phi) is 4.99. The van der Waals surface area contributed by atoms with Gasteiger partial charge in [-0.05, 0) is 48.3 Å². The minimum Gasteiger partial charge on any atom is -0.496 e. The largest absolute Gasteiger partial charge is 0.496 e. The fourth-order valence-electron chi connectivity index (χ4n) is 4.35. The molecule has 0 amide bonds. The Morgan fingerprint density at radius 3 is 2.42 bits per heavy atom. The Labute approximate surface area is 163 Å². The van der Waals surface area contributed by atoms with Gasteiger partial charge in [-0.25, -0.2) is 0 Å². The summed E-state index contributed by atoms with van der Waals surface area (Å²) in [4.78, 5) is 14.4. The van der Waals surface area contributed by atoms with Crippen LogP contribution in [0.5, 0.6) is 5.75 Å². The van der Waals surface area contributed by atoms with Gasteiger partial charge >= 0.3 is 0 Å². The molecular weight excluding hydrogens is 392 g/mol. The van der Waals surface area contributed by atoms with E-state index in [1.807, 2.05) is 12.4 Å². The summed E-state index contributed by atoms with van der Waals surface area (Å²) in [5.41, 5.74) is 4.56. The van der Waals surface area contributed by atoms with Crippen LogP contribution in [0.2, 0.25) is 0 Å². The van der Waals surface area contributed by atoms with E-state index in [-0.39, 0.29) is 0 Å². The lowest BCUT2D eigenvalue weighted by atomic mass is 10.1. The zero-order chi connectivity index (χ0) is 18.3. The number of halogens is 1. The van der Waals surface area contributed by atoms with Crippen molar-refractivity contribution in [3.63, 3.8) is 0 Å². The van der Waals surface area contributed by atoms with Crippen molar-refractivity contribution in [3.8, 4) is 5.75 Å².